The van der Waals surface area contributed by atoms with E-state index in [9.17, 15) is 9.59 Å². The van der Waals surface area contributed by atoms with Crippen molar-refractivity contribution >= 4 is 35.2 Å². The van der Waals surface area contributed by atoms with E-state index in [1.165, 1.54) is 18.7 Å². The molecule has 0 saturated heterocycles. The number of halogens is 1. The Hall–Kier alpha value is -1.20. The third-order valence-corrected chi connectivity index (χ3v) is 3.78. The molecule has 0 fully saturated rings. The number of hydrogen-bond acceptors (Lipinski definition) is 3. The van der Waals surface area contributed by atoms with Crippen molar-refractivity contribution in [1.29, 1.82) is 0 Å². The van der Waals surface area contributed by atoms with Crippen molar-refractivity contribution in [3.63, 3.8) is 0 Å². The van der Waals surface area contributed by atoms with Gasteiger partial charge in [-0.3, -0.25) is 9.59 Å². The fourth-order valence-corrected chi connectivity index (χ4v) is 2.64. The van der Waals surface area contributed by atoms with Crippen LogP contribution < -0.4 is 10.6 Å². The largest absolute Gasteiger partial charge is 0.350 e. The highest BCUT2D eigenvalue weighted by Crippen LogP contribution is 2.21. The van der Waals surface area contributed by atoms with E-state index in [4.69, 9.17) is 11.6 Å². The summed E-state index contributed by atoms with van der Waals surface area (Å²) in [5.41, 5.74) is -0.335. The van der Waals surface area contributed by atoms with Crippen LogP contribution in [-0.2, 0) is 9.59 Å². The van der Waals surface area contributed by atoms with E-state index in [-0.39, 0.29) is 17.4 Å². The van der Waals surface area contributed by atoms with Gasteiger partial charge in [0.05, 0.1) is 0 Å². The predicted molar refractivity (Wildman–Crippen MR) is 87.7 cm³/mol. The van der Waals surface area contributed by atoms with Gasteiger partial charge in [0.2, 0.25) is 11.8 Å². The molecule has 116 valence electrons. The van der Waals surface area contributed by atoms with Gasteiger partial charge in [0, 0.05) is 28.1 Å². The van der Waals surface area contributed by atoms with Crippen molar-refractivity contribution in [2.45, 2.75) is 44.2 Å². The van der Waals surface area contributed by atoms with Crippen molar-refractivity contribution in [3.05, 3.63) is 29.3 Å². The van der Waals surface area contributed by atoms with Crippen molar-refractivity contribution < 1.29 is 9.59 Å². The van der Waals surface area contributed by atoms with Crippen LogP contribution in [0.25, 0.3) is 0 Å². The van der Waals surface area contributed by atoms with Crippen LogP contribution in [0, 0.1) is 0 Å². The lowest BCUT2D eigenvalue weighted by Crippen LogP contribution is -2.52. The molecule has 0 aromatic heterocycles. The van der Waals surface area contributed by atoms with Crippen LogP contribution in [0.1, 0.15) is 27.7 Å². The number of hydrogen-bond donors (Lipinski definition) is 2. The molecule has 1 aromatic rings. The summed E-state index contributed by atoms with van der Waals surface area (Å²) in [5.74, 6) is 0.0586. The van der Waals surface area contributed by atoms with Gasteiger partial charge in [0.15, 0.2) is 0 Å². The van der Waals surface area contributed by atoms with E-state index < -0.39 is 6.04 Å². The average molecular weight is 329 g/mol. The predicted octanol–water partition coefficient (Wildman–Crippen LogP) is 2.85. The summed E-state index contributed by atoms with van der Waals surface area (Å²) in [7, 11) is 0. The lowest BCUT2D eigenvalue weighted by atomic mass is 10.1. The van der Waals surface area contributed by atoms with Gasteiger partial charge in [-0.25, -0.2) is 0 Å². The number of amides is 2. The number of thioether (sulfide) groups is 1. The van der Waals surface area contributed by atoms with Gasteiger partial charge < -0.3 is 10.6 Å². The van der Waals surface area contributed by atoms with Crippen LogP contribution in [0.4, 0.5) is 0 Å². The molecule has 0 spiro atoms. The maximum Gasteiger partial charge on any atom is 0.243 e. The Bertz CT molecular complexity index is 497. The molecule has 21 heavy (non-hydrogen) atoms. The van der Waals surface area contributed by atoms with Crippen LogP contribution in [0.3, 0.4) is 0 Å². The van der Waals surface area contributed by atoms with Crippen LogP contribution in [0.5, 0.6) is 0 Å². The van der Waals surface area contributed by atoms with Crippen LogP contribution in [0.15, 0.2) is 29.2 Å². The third kappa shape index (κ3) is 7.39. The van der Waals surface area contributed by atoms with Crippen molar-refractivity contribution in [2.24, 2.45) is 0 Å². The first-order valence-electron chi connectivity index (χ1n) is 6.65. The van der Waals surface area contributed by atoms with Crippen LogP contribution in [-0.4, -0.2) is 29.1 Å². The first kappa shape index (κ1) is 17.9. The molecule has 0 radical (unpaired) electrons. The van der Waals surface area contributed by atoms with Gasteiger partial charge >= 0.3 is 0 Å². The Kier molecular flexibility index (Phi) is 6.55. The summed E-state index contributed by atoms with van der Waals surface area (Å²) >= 11 is 7.34. The molecule has 0 bridgehead atoms. The minimum atomic E-state index is -0.567. The van der Waals surface area contributed by atoms with Crippen LogP contribution >= 0.6 is 23.4 Å². The van der Waals surface area contributed by atoms with Gasteiger partial charge in [-0.05, 0) is 45.0 Å². The summed E-state index contributed by atoms with van der Waals surface area (Å²) in [4.78, 5) is 24.5. The highest BCUT2D eigenvalue weighted by atomic mass is 35.5. The second kappa shape index (κ2) is 7.71. The molecule has 2 amide bonds. The summed E-state index contributed by atoms with van der Waals surface area (Å²) in [6.45, 7) is 7.12. The molecule has 0 heterocycles. The van der Waals surface area contributed by atoms with Crippen molar-refractivity contribution in [2.75, 3.05) is 5.75 Å². The highest BCUT2D eigenvalue weighted by Gasteiger charge is 2.23. The Balaban J connectivity index is 2.67. The highest BCUT2D eigenvalue weighted by molar-refractivity contribution is 7.99. The monoisotopic (exact) mass is 328 g/mol. The summed E-state index contributed by atoms with van der Waals surface area (Å²) in [6.07, 6.45) is 0. The molecule has 4 nitrogen and oxygen atoms in total. The van der Waals surface area contributed by atoms with E-state index in [1.54, 1.807) is 12.1 Å². The molecule has 2 N–H and O–H groups in total. The minimum absolute atomic E-state index is 0.181. The molecule has 0 aliphatic carbocycles. The van der Waals surface area contributed by atoms with Gasteiger partial charge in [-0.15, -0.1) is 11.8 Å². The number of rotatable bonds is 5. The fourth-order valence-electron chi connectivity index (χ4n) is 1.60. The second-order valence-corrected chi connectivity index (χ2v) is 7.29. The summed E-state index contributed by atoms with van der Waals surface area (Å²) in [6, 6.07) is 6.81. The molecular weight excluding hydrogens is 308 g/mol. The molecule has 6 heteroatoms. The van der Waals surface area contributed by atoms with Gasteiger partial charge in [0.25, 0.3) is 0 Å². The van der Waals surface area contributed by atoms with E-state index in [1.807, 2.05) is 32.9 Å². The SMILES string of the molecule is CC(=O)NC(CSc1ccc(Cl)cc1)C(=O)NC(C)(C)C. The summed E-state index contributed by atoms with van der Waals surface area (Å²) < 4.78 is 0. The first-order chi connectivity index (χ1) is 9.67. The normalized spacial score (nSPS) is 12.6. The molecule has 1 atom stereocenters. The number of carbonyl (C=O) groups is 2. The lowest BCUT2D eigenvalue weighted by Gasteiger charge is -2.25. The van der Waals surface area contributed by atoms with E-state index in [0.29, 0.717) is 10.8 Å². The Morgan fingerprint density at radius 1 is 1.24 bits per heavy atom. The number of nitrogens with one attached hydrogen (secondary N) is 2. The standard InChI is InChI=1S/C15H21ClN2O2S/c1-10(19)17-13(14(20)18-15(2,3)4)9-21-12-7-5-11(16)6-8-12/h5-8,13H,9H2,1-4H3,(H,17,19)(H,18,20). The first-order valence-corrected chi connectivity index (χ1v) is 8.01. The zero-order valence-corrected chi connectivity index (χ0v) is 14.3. The molecule has 1 aromatic carbocycles. The van der Waals surface area contributed by atoms with E-state index >= 15 is 0 Å². The van der Waals surface area contributed by atoms with Crippen molar-refractivity contribution in [3.8, 4) is 0 Å². The summed E-state index contributed by atoms with van der Waals surface area (Å²) in [5, 5.41) is 6.24. The van der Waals surface area contributed by atoms with Gasteiger partial charge in [0.1, 0.15) is 6.04 Å². The quantitative estimate of drug-likeness (QED) is 0.817. The fraction of sp³-hybridized carbons (Fsp3) is 0.467. The Morgan fingerprint density at radius 2 is 1.81 bits per heavy atom. The molecule has 0 saturated carbocycles. The van der Waals surface area contributed by atoms with Gasteiger partial charge in [-0.1, -0.05) is 11.6 Å². The minimum Gasteiger partial charge on any atom is -0.350 e. The molecule has 1 unspecified atom stereocenters. The topological polar surface area (TPSA) is 58.2 Å². The van der Waals surface area contributed by atoms with E-state index in [0.717, 1.165) is 4.90 Å². The smallest absolute Gasteiger partial charge is 0.243 e. The Labute approximate surface area is 135 Å². The Morgan fingerprint density at radius 3 is 2.29 bits per heavy atom. The van der Waals surface area contributed by atoms with Gasteiger partial charge in [-0.2, -0.15) is 0 Å². The van der Waals surface area contributed by atoms with Crippen LogP contribution in [0.2, 0.25) is 5.02 Å². The average Bonchev–Trinajstić information content (AvgIpc) is 2.33. The lowest BCUT2D eigenvalue weighted by molar-refractivity contribution is -0.128. The molecule has 1 rings (SSSR count). The molecule has 0 aliphatic rings. The third-order valence-electron chi connectivity index (χ3n) is 2.42. The molecular formula is C15H21ClN2O2S. The van der Waals surface area contributed by atoms with E-state index in [2.05, 4.69) is 10.6 Å². The number of carbonyl (C=O) groups excluding carboxylic acids is 2. The zero-order valence-electron chi connectivity index (χ0n) is 12.7. The second-order valence-electron chi connectivity index (χ2n) is 5.76. The number of benzene rings is 1. The maximum absolute atomic E-state index is 12.2. The van der Waals surface area contributed by atoms with Crippen molar-refractivity contribution in [1.82, 2.24) is 10.6 Å². The maximum atomic E-state index is 12.2. The molecule has 0 aliphatic heterocycles. The zero-order chi connectivity index (χ0) is 16.0.